The molecule has 4 heteroatoms. The normalized spacial score (nSPS) is 19.1. The maximum absolute atomic E-state index is 11.9. The molecule has 0 heterocycles. The molecule has 0 saturated heterocycles. The van der Waals surface area contributed by atoms with Gasteiger partial charge in [-0.1, -0.05) is 13.8 Å². The summed E-state index contributed by atoms with van der Waals surface area (Å²) in [6.45, 7) is 8.95. The van der Waals surface area contributed by atoms with E-state index in [1.165, 1.54) is 20.0 Å². The van der Waals surface area contributed by atoms with Gasteiger partial charge in [-0.2, -0.15) is 0 Å². The van der Waals surface area contributed by atoms with Gasteiger partial charge in [0.25, 0.3) is 0 Å². The lowest BCUT2D eigenvalue weighted by atomic mass is 10.0. The lowest BCUT2D eigenvalue weighted by Gasteiger charge is -2.33. The van der Waals surface area contributed by atoms with Crippen molar-refractivity contribution in [2.24, 2.45) is 0 Å². The van der Waals surface area contributed by atoms with E-state index in [9.17, 15) is 4.79 Å². The quantitative estimate of drug-likeness (QED) is 0.653. The fourth-order valence-corrected chi connectivity index (χ4v) is 2.18. The molecule has 1 rings (SSSR count). The van der Waals surface area contributed by atoms with Crippen LogP contribution in [0.25, 0.3) is 0 Å². The van der Waals surface area contributed by atoms with Crippen LogP contribution in [0.2, 0.25) is 0 Å². The molecular formula is C13H26N2O2. The van der Waals surface area contributed by atoms with Crippen LogP contribution in [-0.2, 0) is 9.53 Å². The minimum absolute atomic E-state index is 0.154. The Bertz CT molecular complexity index is 254. The number of carbonyl (C=O) groups is 1. The summed E-state index contributed by atoms with van der Waals surface area (Å²) in [4.78, 5) is 14.2. The number of rotatable bonds is 8. The number of esters is 1. The van der Waals surface area contributed by atoms with Crippen molar-refractivity contribution >= 4 is 5.97 Å². The van der Waals surface area contributed by atoms with Crippen LogP contribution >= 0.6 is 0 Å². The van der Waals surface area contributed by atoms with E-state index in [-0.39, 0.29) is 5.97 Å². The highest BCUT2D eigenvalue weighted by Gasteiger charge is 2.40. The van der Waals surface area contributed by atoms with Gasteiger partial charge in [0, 0.05) is 12.6 Å². The molecule has 1 N–H and O–H groups in total. The summed E-state index contributed by atoms with van der Waals surface area (Å²) in [5.41, 5.74) is -0.568. The van der Waals surface area contributed by atoms with E-state index in [1.54, 1.807) is 0 Å². The summed E-state index contributed by atoms with van der Waals surface area (Å²) < 4.78 is 4.94. The number of ether oxygens (including phenoxy) is 1. The Morgan fingerprint density at radius 3 is 2.53 bits per heavy atom. The van der Waals surface area contributed by atoms with Crippen molar-refractivity contribution in [1.29, 1.82) is 0 Å². The third-order valence-corrected chi connectivity index (χ3v) is 3.26. The van der Waals surface area contributed by atoms with Gasteiger partial charge in [-0.05, 0) is 39.3 Å². The fraction of sp³-hybridized carbons (Fsp3) is 0.923. The highest BCUT2D eigenvalue weighted by Crippen LogP contribution is 2.23. The summed E-state index contributed by atoms with van der Waals surface area (Å²) in [5, 5.41) is 3.43. The Morgan fingerprint density at radius 1 is 1.47 bits per heavy atom. The first kappa shape index (κ1) is 14.5. The van der Waals surface area contributed by atoms with Crippen LogP contribution in [0.4, 0.5) is 0 Å². The van der Waals surface area contributed by atoms with Gasteiger partial charge in [0.05, 0.1) is 7.11 Å². The van der Waals surface area contributed by atoms with Crippen molar-refractivity contribution in [3.8, 4) is 0 Å². The molecule has 0 bridgehead atoms. The number of nitrogens with one attached hydrogen (secondary N) is 1. The van der Waals surface area contributed by atoms with E-state index in [1.807, 2.05) is 6.92 Å². The minimum Gasteiger partial charge on any atom is -0.468 e. The van der Waals surface area contributed by atoms with E-state index in [2.05, 4.69) is 24.1 Å². The maximum atomic E-state index is 11.9. The second-order valence-corrected chi connectivity index (χ2v) is 5.11. The van der Waals surface area contributed by atoms with Crippen molar-refractivity contribution in [3.63, 3.8) is 0 Å². The second kappa shape index (κ2) is 6.36. The molecule has 1 saturated carbocycles. The fourth-order valence-electron chi connectivity index (χ4n) is 2.18. The van der Waals surface area contributed by atoms with Crippen molar-refractivity contribution in [2.75, 3.05) is 26.7 Å². The first-order valence-electron chi connectivity index (χ1n) is 6.64. The Morgan fingerprint density at radius 2 is 2.12 bits per heavy atom. The predicted molar refractivity (Wildman–Crippen MR) is 69.0 cm³/mol. The Balaban J connectivity index is 2.63. The van der Waals surface area contributed by atoms with Crippen LogP contribution < -0.4 is 5.32 Å². The summed E-state index contributed by atoms with van der Waals surface area (Å²) in [6.07, 6.45) is 3.45. The maximum Gasteiger partial charge on any atom is 0.327 e. The SMILES string of the molecule is CCCN(CC)CC(C)(NC1CC1)C(=O)OC. The number of carbonyl (C=O) groups excluding carboxylic acids is 1. The Labute approximate surface area is 105 Å². The van der Waals surface area contributed by atoms with Gasteiger partial charge < -0.3 is 9.64 Å². The Hall–Kier alpha value is -0.610. The molecule has 0 spiro atoms. The number of likely N-dealkylation sites (N-methyl/N-ethyl adjacent to an activating group) is 1. The summed E-state index contributed by atoms with van der Waals surface area (Å²) in [6, 6.07) is 0.499. The van der Waals surface area contributed by atoms with E-state index in [4.69, 9.17) is 4.74 Å². The molecule has 0 aromatic heterocycles. The van der Waals surface area contributed by atoms with E-state index >= 15 is 0 Å². The monoisotopic (exact) mass is 242 g/mol. The molecule has 17 heavy (non-hydrogen) atoms. The topological polar surface area (TPSA) is 41.6 Å². The van der Waals surface area contributed by atoms with Crippen molar-refractivity contribution in [1.82, 2.24) is 10.2 Å². The van der Waals surface area contributed by atoms with Crippen molar-refractivity contribution in [3.05, 3.63) is 0 Å². The molecule has 100 valence electrons. The summed E-state index contributed by atoms with van der Waals surface area (Å²) in [7, 11) is 1.46. The van der Waals surface area contributed by atoms with Crippen LogP contribution in [0.3, 0.4) is 0 Å². The number of nitrogens with zero attached hydrogens (tertiary/aromatic N) is 1. The summed E-state index contributed by atoms with van der Waals surface area (Å²) in [5.74, 6) is -0.154. The zero-order chi connectivity index (χ0) is 12.9. The zero-order valence-electron chi connectivity index (χ0n) is 11.6. The highest BCUT2D eigenvalue weighted by molar-refractivity contribution is 5.80. The van der Waals surface area contributed by atoms with Crippen LogP contribution in [0.1, 0.15) is 40.0 Å². The standard InChI is InChI=1S/C13H26N2O2/c1-5-9-15(6-2)10-13(3,12(16)17-4)14-11-7-8-11/h11,14H,5-10H2,1-4H3. The zero-order valence-corrected chi connectivity index (χ0v) is 11.6. The first-order chi connectivity index (χ1) is 8.05. The molecule has 1 aliphatic rings. The molecule has 1 aliphatic carbocycles. The van der Waals surface area contributed by atoms with E-state index in [0.717, 1.165) is 26.1 Å². The molecule has 0 aliphatic heterocycles. The smallest absolute Gasteiger partial charge is 0.327 e. The largest absolute Gasteiger partial charge is 0.468 e. The molecule has 0 radical (unpaired) electrons. The number of hydrogen-bond donors (Lipinski definition) is 1. The number of hydrogen-bond acceptors (Lipinski definition) is 4. The Kier molecular flexibility index (Phi) is 5.40. The van der Waals surface area contributed by atoms with Gasteiger partial charge in [-0.3, -0.25) is 10.1 Å². The van der Waals surface area contributed by atoms with Crippen molar-refractivity contribution in [2.45, 2.75) is 51.6 Å². The van der Waals surface area contributed by atoms with Crippen LogP contribution in [0, 0.1) is 0 Å². The average Bonchev–Trinajstić information content (AvgIpc) is 3.11. The molecule has 4 nitrogen and oxygen atoms in total. The van der Waals surface area contributed by atoms with Crippen LogP contribution in [0.5, 0.6) is 0 Å². The van der Waals surface area contributed by atoms with E-state index in [0.29, 0.717) is 6.04 Å². The average molecular weight is 242 g/mol. The van der Waals surface area contributed by atoms with Gasteiger partial charge in [-0.25, -0.2) is 0 Å². The van der Waals surface area contributed by atoms with E-state index < -0.39 is 5.54 Å². The van der Waals surface area contributed by atoms with Gasteiger partial charge in [0.15, 0.2) is 0 Å². The third kappa shape index (κ3) is 4.28. The van der Waals surface area contributed by atoms with Gasteiger partial charge in [0.1, 0.15) is 5.54 Å². The van der Waals surface area contributed by atoms with Crippen LogP contribution in [0.15, 0.2) is 0 Å². The molecule has 0 aromatic rings. The van der Waals surface area contributed by atoms with Gasteiger partial charge in [-0.15, -0.1) is 0 Å². The molecule has 1 atom stereocenters. The lowest BCUT2D eigenvalue weighted by molar-refractivity contribution is -0.148. The molecular weight excluding hydrogens is 216 g/mol. The van der Waals surface area contributed by atoms with Crippen LogP contribution in [-0.4, -0.2) is 49.2 Å². The third-order valence-electron chi connectivity index (χ3n) is 3.26. The van der Waals surface area contributed by atoms with Crippen molar-refractivity contribution < 1.29 is 9.53 Å². The van der Waals surface area contributed by atoms with Gasteiger partial charge >= 0.3 is 5.97 Å². The summed E-state index contributed by atoms with van der Waals surface area (Å²) >= 11 is 0. The van der Waals surface area contributed by atoms with Gasteiger partial charge in [0.2, 0.25) is 0 Å². The first-order valence-corrected chi connectivity index (χ1v) is 6.64. The molecule has 1 unspecified atom stereocenters. The molecule has 0 aromatic carbocycles. The minimum atomic E-state index is -0.568. The number of methoxy groups -OCH3 is 1. The second-order valence-electron chi connectivity index (χ2n) is 5.11. The lowest BCUT2D eigenvalue weighted by Crippen LogP contribution is -2.58. The predicted octanol–water partition coefficient (Wildman–Crippen LogP) is 1.40. The highest BCUT2D eigenvalue weighted by atomic mass is 16.5. The molecule has 1 fully saturated rings. The molecule has 0 amide bonds.